The number of rotatable bonds is 2. The van der Waals surface area contributed by atoms with Crippen LogP contribution in [0.15, 0.2) is 12.1 Å². The Morgan fingerprint density at radius 1 is 1.40 bits per heavy atom. The van der Waals surface area contributed by atoms with Crippen LogP contribution in [0.2, 0.25) is 0 Å². The van der Waals surface area contributed by atoms with E-state index in [-0.39, 0.29) is 16.8 Å². The number of nitrogens with zero attached hydrogens (tertiary/aromatic N) is 3. The van der Waals surface area contributed by atoms with Gasteiger partial charge in [-0.2, -0.15) is 0 Å². The Morgan fingerprint density at radius 2 is 2.15 bits per heavy atom. The van der Waals surface area contributed by atoms with Gasteiger partial charge in [0.05, 0.1) is 24.3 Å². The minimum absolute atomic E-state index is 0.145. The summed E-state index contributed by atoms with van der Waals surface area (Å²) in [6.45, 7) is 1.02. The fourth-order valence-corrected chi connectivity index (χ4v) is 3.51. The maximum absolute atomic E-state index is 11.4. The predicted octanol–water partition coefficient (Wildman–Crippen LogP) is 2.19. The average molecular weight is 277 g/mol. The number of piperidine rings is 1. The number of hydrogen-bond donors (Lipinski definition) is 0. The van der Waals surface area contributed by atoms with Crippen molar-refractivity contribution in [3.63, 3.8) is 0 Å². The summed E-state index contributed by atoms with van der Waals surface area (Å²) in [5.74, 6) is 0.956. The molecule has 20 heavy (non-hydrogen) atoms. The summed E-state index contributed by atoms with van der Waals surface area (Å²) in [5, 5.41) is 11.4. The van der Waals surface area contributed by atoms with Gasteiger partial charge in [-0.25, -0.2) is 0 Å². The molecule has 0 aliphatic carbocycles. The van der Waals surface area contributed by atoms with E-state index >= 15 is 0 Å². The smallest absolute Gasteiger partial charge is 0.296 e. The molecule has 0 radical (unpaired) electrons. The first-order chi connectivity index (χ1) is 9.52. The van der Waals surface area contributed by atoms with Gasteiger partial charge in [0.25, 0.3) is 5.69 Å². The molecule has 2 bridgehead atoms. The van der Waals surface area contributed by atoms with Crippen molar-refractivity contribution >= 4 is 11.4 Å². The molecule has 6 nitrogen and oxygen atoms in total. The standard InChI is InChI=1S/C14H19N3O3/c1-15-5-4-9-6-13(15)16(2)14-11(9)7-10(20-3)8-12(14)17(18)19/h7-9,13H,4-6H2,1-3H3. The van der Waals surface area contributed by atoms with Crippen LogP contribution in [-0.2, 0) is 0 Å². The van der Waals surface area contributed by atoms with E-state index in [1.54, 1.807) is 7.11 Å². The van der Waals surface area contributed by atoms with Gasteiger partial charge in [0.2, 0.25) is 0 Å². The van der Waals surface area contributed by atoms with Crippen LogP contribution in [0.4, 0.5) is 11.4 Å². The Hall–Kier alpha value is -1.82. The van der Waals surface area contributed by atoms with Crippen molar-refractivity contribution in [2.45, 2.75) is 24.9 Å². The Morgan fingerprint density at radius 3 is 2.80 bits per heavy atom. The van der Waals surface area contributed by atoms with Gasteiger partial charge >= 0.3 is 0 Å². The van der Waals surface area contributed by atoms with E-state index < -0.39 is 0 Å². The highest BCUT2D eigenvalue weighted by atomic mass is 16.6. The number of ether oxygens (including phenoxy) is 1. The van der Waals surface area contributed by atoms with Crippen molar-refractivity contribution in [3.05, 3.63) is 27.8 Å². The summed E-state index contributed by atoms with van der Waals surface area (Å²) in [7, 11) is 5.58. The zero-order valence-electron chi connectivity index (χ0n) is 12.0. The number of methoxy groups -OCH3 is 1. The van der Waals surface area contributed by atoms with Gasteiger partial charge in [0, 0.05) is 13.6 Å². The van der Waals surface area contributed by atoms with Crippen molar-refractivity contribution in [2.24, 2.45) is 0 Å². The summed E-state index contributed by atoms with van der Waals surface area (Å²) in [6, 6.07) is 3.49. The highest BCUT2D eigenvalue weighted by Gasteiger charge is 2.40. The molecule has 0 N–H and O–H groups in total. The molecule has 2 atom stereocenters. The zero-order valence-corrected chi connectivity index (χ0v) is 12.0. The van der Waals surface area contributed by atoms with Gasteiger partial charge in [-0.15, -0.1) is 0 Å². The first kappa shape index (κ1) is 13.2. The first-order valence-corrected chi connectivity index (χ1v) is 6.82. The number of nitro benzene ring substituents is 1. The Labute approximate surface area is 118 Å². The average Bonchev–Trinajstić information content (AvgIpc) is 2.45. The maximum Gasteiger partial charge on any atom is 0.296 e. The van der Waals surface area contributed by atoms with E-state index in [9.17, 15) is 10.1 Å². The molecular formula is C14H19N3O3. The maximum atomic E-state index is 11.4. The first-order valence-electron chi connectivity index (χ1n) is 6.82. The highest BCUT2D eigenvalue weighted by Crippen LogP contribution is 2.48. The van der Waals surface area contributed by atoms with Crippen molar-refractivity contribution in [2.75, 3.05) is 32.6 Å². The minimum atomic E-state index is -0.307. The predicted molar refractivity (Wildman–Crippen MR) is 76.4 cm³/mol. The quantitative estimate of drug-likeness (QED) is 0.612. The van der Waals surface area contributed by atoms with Gasteiger partial charge in [-0.3, -0.25) is 15.0 Å². The Balaban J connectivity index is 2.20. The van der Waals surface area contributed by atoms with Gasteiger partial charge in [0.15, 0.2) is 0 Å². The molecule has 6 heteroatoms. The zero-order chi connectivity index (χ0) is 14.4. The largest absolute Gasteiger partial charge is 0.496 e. The summed E-state index contributed by atoms with van der Waals surface area (Å²) in [5.41, 5.74) is 1.96. The lowest BCUT2D eigenvalue weighted by atomic mass is 9.82. The lowest BCUT2D eigenvalue weighted by Gasteiger charge is -2.47. The topological polar surface area (TPSA) is 58.9 Å². The Bertz CT molecular complexity index is 561. The molecule has 2 unspecified atom stereocenters. The number of nitro groups is 1. The summed E-state index contributed by atoms with van der Waals surface area (Å²) in [6.07, 6.45) is 2.30. The van der Waals surface area contributed by atoms with E-state index in [1.165, 1.54) is 6.07 Å². The molecule has 1 aromatic rings. The van der Waals surface area contributed by atoms with Crippen molar-refractivity contribution < 1.29 is 9.66 Å². The monoisotopic (exact) mass is 277 g/mol. The second-order valence-electron chi connectivity index (χ2n) is 5.63. The van der Waals surface area contributed by atoms with Crippen LogP contribution in [-0.4, -0.2) is 43.7 Å². The second kappa shape index (κ2) is 4.63. The number of anilines is 1. The normalized spacial score (nSPS) is 25.2. The highest BCUT2D eigenvalue weighted by molar-refractivity contribution is 5.72. The van der Waals surface area contributed by atoms with Crippen LogP contribution in [0.1, 0.15) is 24.3 Å². The van der Waals surface area contributed by atoms with Crippen LogP contribution in [0.3, 0.4) is 0 Å². The van der Waals surface area contributed by atoms with Crippen LogP contribution in [0, 0.1) is 10.1 Å². The molecule has 1 aromatic carbocycles. The third-order valence-corrected chi connectivity index (χ3v) is 4.60. The lowest BCUT2D eigenvalue weighted by molar-refractivity contribution is -0.384. The van der Waals surface area contributed by atoms with Crippen LogP contribution in [0.25, 0.3) is 0 Å². The lowest BCUT2D eigenvalue weighted by Crippen LogP contribution is -2.52. The van der Waals surface area contributed by atoms with Gasteiger partial charge in [-0.1, -0.05) is 0 Å². The third kappa shape index (κ3) is 1.83. The molecule has 108 valence electrons. The van der Waals surface area contributed by atoms with Crippen LogP contribution < -0.4 is 9.64 Å². The summed E-state index contributed by atoms with van der Waals surface area (Å²) in [4.78, 5) is 15.4. The molecule has 2 aliphatic rings. The van der Waals surface area contributed by atoms with Gasteiger partial charge < -0.3 is 9.64 Å². The molecule has 2 aliphatic heterocycles. The van der Waals surface area contributed by atoms with Crippen LogP contribution >= 0.6 is 0 Å². The van der Waals surface area contributed by atoms with Crippen molar-refractivity contribution in [1.82, 2.24) is 4.90 Å². The number of likely N-dealkylation sites (tertiary alicyclic amines) is 1. The SMILES string of the molecule is COc1cc2c(c([N+](=O)[O-])c1)N(C)C1CC2CCN1C. The second-order valence-corrected chi connectivity index (χ2v) is 5.63. The molecule has 2 heterocycles. The Kier molecular flexibility index (Phi) is 3.05. The summed E-state index contributed by atoms with van der Waals surface area (Å²) < 4.78 is 5.23. The van der Waals surface area contributed by atoms with Gasteiger partial charge in [-0.05, 0) is 37.4 Å². The van der Waals surface area contributed by atoms with Crippen molar-refractivity contribution in [1.29, 1.82) is 0 Å². The van der Waals surface area contributed by atoms with Gasteiger partial charge in [0.1, 0.15) is 11.4 Å². The fourth-order valence-electron chi connectivity index (χ4n) is 3.51. The van der Waals surface area contributed by atoms with Crippen molar-refractivity contribution in [3.8, 4) is 5.75 Å². The third-order valence-electron chi connectivity index (χ3n) is 4.60. The molecule has 0 spiro atoms. The summed E-state index contributed by atoms with van der Waals surface area (Å²) >= 11 is 0. The van der Waals surface area contributed by atoms with E-state index in [2.05, 4.69) is 11.9 Å². The van der Waals surface area contributed by atoms with E-state index in [4.69, 9.17) is 4.74 Å². The molecule has 1 fully saturated rings. The molecule has 0 amide bonds. The number of fused-ring (bicyclic) bond motifs is 4. The van der Waals surface area contributed by atoms with E-state index in [1.807, 2.05) is 18.0 Å². The van der Waals surface area contributed by atoms with E-state index in [0.717, 1.165) is 30.6 Å². The molecular weight excluding hydrogens is 258 g/mol. The van der Waals surface area contributed by atoms with Crippen LogP contribution in [0.5, 0.6) is 5.75 Å². The minimum Gasteiger partial charge on any atom is -0.496 e. The molecule has 1 saturated heterocycles. The number of benzene rings is 1. The molecule has 3 rings (SSSR count). The molecule has 0 aromatic heterocycles. The fraction of sp³-hybridized carbons (Fsp3) is 0.571. The number of hydrogen-bond acceptors (Lipinski definition) is 5. The van der Waals surface area contributed by atoms with E-state index in [0.29, 0.717) is 11.7 Å². The molecule has 0 saturated carbocycles.